The molecule has 0 bridgehead atoms. The van der Waals surface area contributed by atoms with Crippen molar-refractivity contribution in [2.45, 2.75) is 45.6 Å². The molecule has 1 amide bonds. The third-order valence-electron chi connectivity index (χ3n) is 4.35. The summed E-state index contributed by atoms with van der Waals surface area (Å²) in [6, 6.07) is 9.55. The van der Waals surface area contributed by atoms with Crippen LogP contribution in [0.2, 0.25) is 0 Å². The monoisotopic (exact) mass is 422 g/mol. The highest BCUT2D eigenvalue weighted by molar-refractivity contribution is 7.92. The number of carbonyl (C=O) groups is 1. The van der Waals surface area contributed by atoms with E-state index in [2.05, 4.69) is 4.72 Å². The molecule has 0 aliphatic carbocycles. The summed E-state index contributed by atoms with van der Waals surface area (Å²) >= 11 is 0. The van der Waals surface area contributed by atoms with Crippen LogP contribution in [-0.4, -0.2) is 26.7 Å². The molecule has 1 unspecified atom stereocenters. The van der Waals surface area contributed by atoms with E-state index >= 15 is 0 Å². The molecule has 0 radical (unpaired) electrons. The van der Waals surface area contributed by atoms with Crippen molar-refractivity contribution in [2.75, 3.05) is 11.0 Å². The number of amides is 1. The topological polar surface area (TPSA) is 98.5 Å². The second-order valence-electron chi connectivity index (χ2n) is 8.13. The number of nitrogens with two attached hydrogens (primary N) is 1. The fraction of sp³-hybridized carbons (Fsp3) is 0.381. The molecule has 3 N–H and O–H groups in total. The zero-order valence-corrected chi connectivity index (χ0v) is 18.1. The van der Waals surface area contributed by atoms with Crippen molar-refractivity contribution in [3.63, 3.8) is 0 Å². The highest BCUT2D eigenvalue weighted by Gasteiger charge is 2.22. The van der Waals surface area contributed by atoms with Gasteiger partial charge in [-0.3, -0.25) is 9.52 Å². The van der Waals surface area contributed by atoms with Crippen LogP contribution in [0.15, 0.2) is 36.4 Å². The van der Waals surface area contributed by atoms with E-state index in [1.807, 2.05) is 20.8 Å². The smallest absolute Gasteiger partial charge is 0.258 e. The largest absolute Gasteiger partial charge is 0.480 e. The Bertz CT molecular complexity index is 1010. The normalized spacial score (nSPS) is 13.0. The number of primary amides is 1. The minimum absolute atomic E-state index is 0.165. The molecule has 0 heterocycles. The van der Waals surface area contributed by atoms with Gasteiger partial charge < -0.3 is 10.5 Å². The van der Waals surface area contributed by atoms with Gasteiger partial charge in [-0.2, -0.15) is 0 Å². The quantitative estimate of drug-likeness (QED) is 0.715. The van der Waals surface area contributed by atoms with Crippen molar-refractivity contribution in [1.29, 1.82) is 0 Å². The second-order valence-corrected chi connectivity index (χ2v) is 9.88. The zero-order chi connectivity index (χ0) is 22.0. The summed E-state index contributed by atoms with van der Waals surface area (Å²) in [7, 11) is -3.39. The predicted octanol–water partition coefficient (Wildman–Crippen LogP) is 3.28. The van der Waals surface area contributed by atoms with E-state index in [4.69, 9.17) is 10.5 Å². The van der Waals surface area contributed by atoms with Crippen molar-refractivity contribution in [1.82, 2.24) is 0 Å². The van der Waals surface area contributed by atoms with E-state index in [1.165, 1.54) is 6.07 Å². The van der Waals surface area contributed by atoms with Crippen molar-refractivity contribution >= 4 is 21.6 Å². The Morgan fingerprint density at radius 2 is 1.86 bits per heavy atom. The number of carbonyl (C=O) groups excluding carboxylic acids is 1. The maximum atomic E-state index is 14.4. The van der Waals surface area contributed by atoms with Crippen LogP contribution >= 0.6 is 0 Å². The molecule has 2 aromatic rings. The van der Waals surface area contributed by atoms with Crippen molar-refractivity contribution in [2.24, 2.45) is 5.73 Å². The van der Waals surface area contributed by atoms with Crippen molar-refractivity contribution < 1.29 is 22.3 Å². The number of sulfonamides is 1. The molecule has 158 valence electrons. The van der Waals surface area contributed by atoms with E-state index < -0.39 is 27.9 Å². The summed E-state index contributed by atoms with van der Waals surface area (Å²) < 4.78 is 45.3. The Balaban J connectivity index is 2.20. The molecule has 8 heteroatoms. The second kappa shape index (κ2) is 8.41. The number of halogens is 1. The molecule has 0 saturated carbocycles. The van der Waals surface area contributed by atoms with Gasteiger partial charge in [0.1, 0.15) is 11.6 Å². The first kappa shape index (κ1) is 22.7. The molecule has 6 nitrogen and oxygen atoms in total. The number of aryl methyl sites for hydroxylation is 1. The first-order chi connectivity index (χ1) is 13.3. The van der Waals surface area contributed by atoms with Crippen molar-refractivity contribution in [3.05, 3.63) is 58.9 Å². The maximum Gasteiger partial charge on any atom is 0.258 e. The number of ether oxygens (including phenoxy) is 1. The molecule has 0 fully saturated rings. The van der Waals surface area contributed by atoms with Crippen LogP contribution in [0.3, 0.4) is 0 Å². The first-order valence-electron chi connectivity index (χ1n) is 9.09. The van der Waals surface area contributed by atoms with Gasteiger partial charge in [0.05, 0.1) is 11.9 Å². The Morgan fingerprint density at radius 3 is 2.34 bits per heavy atom. The highest BCUT2D eigenvalue weighted by Crippen LogP contribution is 2.28. The standard InChI is InChI=1S/C21H27FN2O4S/c1-13-10-14(6-9-18(13)24-29(5,26)27)11-19(20(23)25)28-15-7-8-16(17(22)12-15)21(2,3)4/h6-10,12,19,24H,11H2,1-5H3,(H2,23,25). The Hall–Kier alpha value is -2.61. The van der Waals surface area contributed by atoms with Gasteiger partial charge in [-0.05, 0) is 41.2 Å². The molecule has 0 saturated heterocycles. The lowest BCUT2D eigenvalue weighted by Crippen LogP contribution is -2.35. The van der Waals surface area contributed by atoms with Gasteiger partial charge in [0.2, 0.25) is 10.0 Å². The van der Waals surface area contributed by atoms with Gasteiger partial charge in [0.25, 0.3) is 5.91 Å². The third kappa shape index (κ3) is 6.45. The first-order valence-corrected chi connectivity index (χ1v) is 11.0. The molecule has 0 spiro atoms. The van der Waals surface area contributed by atoms with Gasteiger partial charge in [-0.25, -0.2) is 12.8 Å². The highest BCUT2D eigenvalue weighted by atomic mass is 32.2. The van der Waals surface area contributed by atoms with Gasteiger partial charge in [-0.1, -0.05) is 39.0 Å². The lowest BCUT2D eigenvalue weighted by molar-refractivity contribution is -0.124. The molecule has 0 aliphatic rings. The van der Waals surface area contributed by atoms with Crippen LogP contribution in [0.4, 0.5) is 10.1 Å². The number of rotatable bonds is 7. The van der Waals surface area contributed by atoms with E-state index in [1.54, 1.807) is 37.3 Å². The SMILES string of the molecule is Cc1cc(CC(Oc2ccc(C(C)(C)C)c(F)c2)C(N)=O)ccc1NS(C)(=O)=O. The fourth-order valence-corrected chi connectivity index (χ4v) is 3.55. The third-order valence-corrected chi connectivity index (χ3v) is 4.94. The predicted molar refractivity (Wildman–Crippen MR) is 112 cm³/mol. The van der Waals surface area contributed by atoms with Gasteiger partial charge >= 0.3 is 0 Å². The molecule has 2 aromatic carbocycles. The summed E-state index contributed by atoms with van der Waals surface area (Å²) in [5.74, 6) is -0.877. The zero-order valence-electron chi connectivity index (χ0n) is 17.2. The lowest BCUT2D eigenvalue weighted by atomic mass is 9.86. The average molecular weight is 423 g/mol. The number of hydrogen-bond acceptors (Lipinski definition) is 4. The number of anilines is 1. The Morgan fingerprint density at radius 1 is 1.21 bits per heavy atom. The van der Waals surface area contributed by atoms with Crippen LogP contribution in [0.1, 0.15) is 37.5 Å². The average Bonchev–Trinajstić information content (AvgIpc) is 2.54. The molecule has 0 aliphatic heterocycles. The minimum atomic E-state index is -3.39. The van der Waals surface area contributed by atoms with Crippen LogP contribution in [-0.2, 0) is 26.7 Å². The van der Waals surface area contributed by atoms with Crippen LogP contribution in [0.5, 0.6) is 5.75 Å². The number of nitrogens with one attached hydrogen (secondary N) is 1. The molecule has 1 atom stereocenters. The van der Waals surface area contributed by atoms with E-state index in [-0.39, 0.29) is 17.6 Å². The van der Waals surface area contributed by atoms with E-state index in [9.17, 15) is 17.6 Å². The molecule has 2 rings (SSSR count). The summed E-state index contributed by atoms with van der Waals surface area (Å²) in [6.45, 7) is 7.46. The summed E-state index contributed by atoms with van der Waals surface area (Å²) in [5.41, 5.74) is 7.54. The van der Waals surface area contributed by atoms with Crippen LogP contribution in [0.25, 0.3) is 0 Å². The van der Waals surface area contributed by atoms with Crippen LogP contribution < -0.4 is 15.2 Å². The molecule has 0 aromatic heterocycles. The summed E-state index contributed by atoms with van der Waals surface area (Å²) in [4.78, 5) is 11.9. The number of hydrogen-bond donors (Lipinski definition) is 2. The molecular formula is C21H27FN2O4S. The van der Waals surface area contributed by atoms with Crippen LogP contribution in [0, 0.1) is 12.7 Å². The molecule has 29 heavy (non-hydrogen) atoms. The fourth-order valence-electron chi connectivity index (χ4n) is 2.92. The van der Waals surface area contributed by atoms with Gasteiger partial charge in [-0.15, -0.1) is 0 Å². The Kier molecular flexibility index (Phi) is 6.57. The summed E-state index contributed by atoms with van der Waals surface area (Å²) in [6.07, 6.45) is 0.238. The maximum absolute atomic E-state index is 14.4. The van der Waals surface area contributed by atoms with Gasteiger partial charge in [0.15, 0.2) is 6.10 Å². The minimum Gasteiger partial charge on any atom is -0.480 e. The van der Waals surface area contributed by atoms with Crippen molar-refractivity contribution in [3.8, 4) is 5.75 Å². The lowest BCUT2D eigenvalue weighted by Gasteiger charge is -2.21. The van der Waals surface area contributed by atoms with Gasteiger partial charge in [0, 0.05) is 12.5 Å². The number of benzene rings is 2. The summed E-state index contributed by atoms with van der Waals surface area (Å²) in [5, 5.41) is 0. The van der Waals surface area contributed by atoms with E-state index in [0.717, 1.165) is 11.8 Å². The molecular weight excluding hydrogens is 395 g/mol. The Labute approximate surface area is 171 Å². The van der Waals surface area contributed by atoms with E-state index in [0.29, 0.717) is 16.8 Å².